The first-order chi connectivity index (χ1) is 8.41. The van der Waals surface area contributed by atoms with Gasteiger partial charge in [-0.2, -0.15) is 0 Å². The average Bonchev–Trinajstić information content (AvgIpc) is 2.26. The standard InChI is InChI=1S/C13H24N2O3/c1-13(2)7-5-9-15(10-13)12(18)14-8-4-3-6-11(16)17/h3-10H2,1-2H3,(H,14,18)(H,16,17). The van der Waals surface area contributed by atoms with Gasteiger partial charge < -0.3 is 15.3 Å². The molecule has 104 valence electrons. The second-order valence-electron chi connectivity index (χ2n) is 5.77. The average molecular weight is 256 g/mol. The molecule has 0 aliphatic carbocycles. The Morgan fingerprint density at radius 2 is 2.06 bits per heavy atom. The van der Waals surface area contributed by atoms with Gasteiger partial charge in [-0.1, -0.05) is 13.8 Å². The Morgan fingerprint density at radius 3 is 2.67 bits per heavy atom. The van der Waals surface area contributed by atoms with Crippen LogP contribution in [0.25, 0.3) is 0 Å². The summed E-state index contributed by atoms with van der Waals surface area (Å²) in [6.07, 6.45) is 3.72. The van der Waals surface area contributed by atoms with Crippen LogP contribution in [0.4, 0.5) is 4.79 Å². The van der Waals surface area contributed by atoms with Crippen LogP contribution in [-0.4, -0.2) is 41.6 Å². The van der Waals surface area contributed by atoms with Crippen LogP contribution in [0.15, 0.2) is 0 Å². The number of unbranched alkanes of at least 4 members (excludes halogenated alkanes) is 1. The summed E-state index contributed by atoms with van der Waals surface area (Å²) >= 11 is 0. The first-order valence-electron chi connectivity index (χ1n) is 6.65. The van der Waals surface area contributed by atoms with Gasteiger partial charge in [-0.3, -0.25) is 4.79 Å². The van der Waals surface area contributed by atoms with Gasteiger partial charge in [0.1, 0.15) is 0 Å². The zero-order valence-electron chi connectivity index (χ0n) is 11.4. The predicted molar refractivity (Wildman–Crippen MR) is 69.5 cm³/mol. The maximum atomic E-state index is 11.9. The molecule has 5 nitrogen and oxygen atoms in total. The largest absolute Gasteiger partial charge is 0.481 e. The topological polar surface area (TPSA) is 69.6 Å². The second-order valence-corrected chi connectivity index (χ2v) is 5.77. The number of amides is 2. The number of hydrogen-bond acceptors (Lipinski definition) is 2. The lowest BCUT2D eigenvalue weighted by Crippen LogP contribution is -2.48. The highest BCUT2D eigenvalue weighted by atomic mass is 16.4. The Bertz CT molecular complexity index is 303. The Kier molecular flexibility index (Phi) is 5.44. The Morgan fingerprint density at radius 1 is 1.33 bits per heavy atom. The lowest BCUT2D eigenvalue weighted by molar-refractivity contribution is -0.137. The van der Waals surface area contributed by atoms with E-state index in [1.165, 1.54) is 0 Å². The Labute approximate surface area is 109 Å². The van der Waals surface area contributed by atoms with Gasteiger partial charge in [-0.25, -0.2) is 4.79 Å². The molecular weight excluding hydrogens is 232 g/mol. The normalized spacial score (nSPS) is 18.4. The SMILES string of the molecule is CC1(C)CCCN(C(=O)NCCCCC(=O)O)C1. The number of hydrogen-bond donors (Lipinski definition) is 2. The summed E-state index contributed by atoms with van der Waals surface area (Å²) < 4.78 is 0. The number of aliphatic carboxylic acids is 1. The predicted octanol–water partition coefficient (Wildman–Crippen LogP) is 2.07. The second kappa shape index (κ2) is 6.61. The molecule has 0 aromatic carbocycles. The molecule has 5 heteroatoms. The number of carboxylic acid groups (broad SMARTS) is 1. The Hall–Kier alpha value is -1.26. The van der Waals surface area contributed by atoms with Gasteiger partial charge in [0.05, 0.1) is 0 Å². The van der Waals surface area contributed by atoms with Crippen molar-refractivity contribution in [2.24, 2.45) is 5.41 Å². The fraction of sp³-hybridized carbons (Fsp3) is 0.846. The molecule has 1 fully saturated rings. The van der Waals surface area contributed by atoms with Gasteiger partial charge in [-0.15, -0.1) is 0 Å². The third kappa shape index (κ3) is 5.38. The summed E-state index contributed by atoms with van der Waals surface area (Å²) in [6, 6.07) is -0.0156. The van der Waals surface area contributed by atoms with Crippen molar-refractivity contribution in [2.75, 3.05) is 19.6 Å². The number of urea groups is 1. The van der Waals surface area contributed by atoms with Crippen molar-refractivity contribution in [3.63, 3.8) is 0 Å². The molecule has 0 unspecified atom stereocenters. The molecule has 18 heavy (non-hydrogen) atoms. The van der Waals surface area contributed by atoms with Crippen LogP contribution in [-0.2, 0) is 4.79 Å². The van der Waals surface area contributed by atoms with Crippen LogP contribution in [0.5, 0.6) is 0 Å². The molecule has 1 saturated heterocycles. The van der Waals surface area contributed by atoms with E-state index < -0.39 is 5.97 Å². The molecule has 0 atom stereocenters. The summed E-state index contributed by atoms with van der Waals surface area (Å²) in [5, 5.41) is 11.3. The van der Waals surface area contributed by atoms with Crippen LogP contribution < -0.4 is 5.32 Å². The lowest BCUT2D eigenvalue weighted by atomic mass is 9.84. The number of nitrogens with zero attached hydrogens (tertiary/aromatic N) is 1. The smallest absolute Gasteiger partial charge is 0.317 e. The van der Waals surface area contributed by atoms with Gasteiger partial charge in [0.2, 0.25) is 0 Å². The highest BCUT2D eigenvalue weighted by molar-refractivity contribution is 5.74. The number of likely N-dealkylation sites (tertiary alicyclic amines) is 1. The van der Waals surface area contributed by atoms with E-state index in [0.29, 0.717) is 13.0 Å². The number of rotatable bonds is 5. The summed E-state index contributed by atoms with van der Waals surface area (Å²) in [5.74, 6) is -0.779. The highest BCUT2D eigenvalue weighted by Crippen LogP contribution is 2.28. The number of carboxylic acids is 1. The molecule has 1 heterocycles. The monoisotopic (exact) mass is 256 g/mol. The molecule has 2 amide bonds. The minimum Gasteiger partial charge on any atom is -0.481 e. The molecule has 0 radical (unpaired) electrons. The van der Waals surface area contributed by atoms with E-state index >= 15 is 0 Å². The van der Waals surface area contributed by atoms with Crippen molar-refractivity contribution in [2.45, 2.75) is 46.0 Å². The fourth-order valence-electron chi connectivity index (χ4n) is 2.30. The minimum absolute atomic E-state index is 0.0156. The van der Waals surface area contributed by atoms with Gasteiger partial charge in [0.25, 0.3) is 0 Å². The maximum Gasteiger partial charge on any atom is 0.317 e. The molecule has 1 aliphatic heterocycles. The molecule has 0 saturated carbocycles. The van der Waals surface area contributed by atoms with Crippen molar-refractivity contribution < 1.29 is 14.7 Å². The number of nitrogens with one attached hydrogen (secondary N) is 1. The van der Waals surface area contributed by atoms with E-state index in [1.807, 2.05) is 4.90 Å². The lowest BCUT2D eigenvalue weighted by Gasteiger charge is -2.37. The van der Waals surface area contributed by atoms with Crippen molar-refractivity contribution in [3.05, 3.63) is 0 Å². The fourth-order valence-corrected chi connectivity index (χ4v) is 2.30. The van der Waals surface area contributed by atoms with E-state index in [1.54, 1.807) is 0 Å². The molecular formula is C13H24N2O3. The molecule has 0 bridgehead atoms. The zero-order valence-corrected chi connectivity index (χ0v) is 11.4. The molecule has 1 rings (SSSR count). The molecule has 0 aromatic rings. The van der Waals surface area contributed by atoms with Crippen LogP contribution in [0.1, 0.15) is 46.0 Å². The quantitative estimate of drug-likeness (QED) is 0.740. The highest BCUT2D eigenvalue weighted by Gasteiger charge is 2.28. The van der Waals surface area contributed by atoms with Crippen molar-refractivity contribution in [1.29, 1.82) is 0 Å². The third-order valence-electron chi connectivity index (χ3n) is 3.28. The molecule has 0 spiro atoms. The molecule has 2 N–H and O–H groups in total. The number of piperidine rings is 1. The molecule has 1 aliphatic rings. The van der Waals surface area contributed by atoms with E-state index in [9.17, 15) is 9.59 Å². The van der Waals surface area contributed by atoms with E-state index in [0.717, 1.165) is 32.4 Å². The summed E-state index contributed by atoms with van der Waals surface area (Å²) in [4.78, 5) is 24.1. The number of carbonyl (C=O) groups excluding carboxylic acids is 1. The molecule has 0 aromatic heterocycles. The van der Waals surface area contributed by atoms with Crippen LogP contribution in [0, 0.1) is 5.41 Å². The van der Waals surface area contributed by atoms with Crippen LogP contribution >= 0.6 is 0 Å². The first-order valence-corrected chi connectivity index (χ1v) is 6.65. The van der Waals surface area contributed by atoms with E-state index in [4.69, 9.17) is 5.11 Å². The van der Waals surface area contributed by atoms with E-state index in [-0.39, 0.29) is 17.9 Å². The van der Waals surface area contributed by atoms with Crippen molar-refractivity contribution in [1.82, 2.24) is 10.2 Å². The van der Waals surface area contributed by atoms with Crippen LogP contribution in [0.3, 0.4) is 0 Å². The summed E-state index contributed by atoms with van der Waals surface area (Å²) in [5.41, 5.74) is 0.207. The van der Waals surface area contributed by atoms with Gasteiger partial charge >= 0.3 is 12.0 Å². The summed E-state index contributed by atoms with van der Waals surface area (Å²) in [6.45, 7) is 6.54. The van der Waals surface area contributed by atoms with Gasteiger partial charge in [-0.05, 0) is 31.1 Å². The van der Waals surface area contributed by atoms with E-state index in [2.05, 4.69) is 19.2 Å². The van der Waals surface area contributed by atoms with Crippen LogP contribution in [0.2, 0.25) is 0 Å². The van der Waals surface area contributed by atoms with Gasteiger partial charge in [0, 0.05) is 26.1 Å². The van der Waals surface area contributed by atoms with Crippen molar-refractivity contribution in [3.8, 4) is 0 Å². The third-order valence-corrected chi connectivity index (χ3v) is 3.28. The zero-order chi connectivity index (χ0) is 13.6. The Balaban J connectivity index is 2.18. The minimum atomic E-state index is -0.779. The van der Waals surface area contributed by atoms with Gasteiger partial charge in [0.15, 0.2) is 0 Å². The van der Waals surface area contributed by atoms with Crippen molar-refractivity contribution >= 4 is 12.0 Å². The maximum absolute atomic E-state index is 11.9. The number of carbonyl (C=O) groups is 2. The first kappa shape index (κ1) is 14.8. The summed E-state index contributed by atoms with van der Waals surface area (Å²) in [7, 11) is 0.